The molecular formula is C18H15Cl3N2O4. The fraction of sp³-hybridized carbons (Fsp3) is 0.222. The number of methoxy groups -OCH3 is 2. The van der Waals surface area contributed by atoms with Gasteiger partial charge in [-0.05, 0) is 12.1 Å². The molecule has 3 rings (SSSR count). The number of carbonyl (C=O) groups is 1. The molecule has 0 bridgehead atoms. The summed E-state index contributed by atoms with van der Waals surface area (Å²) >= 11 is 18.0. The maximum Gasteiger partial charge on any atom is 0.268 e. The zero-order valence-corrected chi connectivity index (χ0v) is 16.7. The lowest BCUT2D eigenvalue weighted by Gasteiger charge is -2.14. The van der Waals surface area contributed by atoms with Crippen molar-refractivity contribution in [2.24, 2.45) is 5.16 Å². The summed E-state index contributed by atoms with van der Waals surface area (Å²) in [7, 11) is 2.96. The third kappa shape index (κ3) is 4.24. The summed E-state index contributed by atoms with van der Waals surface area (Å²) in [6.45, 7) is 0. The Morgan fingerprint density at radius 2 is 1.81 bits per heavy atom. The van der Waals surface area contributed by atoms with E-state index >= 15 is 0 Å². The molecule has 0 spiro atoms. The lowest BCUT2D eigenvalue weighted by atomic mass is 10.0. The molecule has 1 atom stereocenters. The number of hydrogen-bond acceptors (Lipinski definition) is 5. The molecule has 0 saturated heterocycles. The SMILES string of the molecule is COc1cc(NC(=O)C2CC(c3ccc(Cl)c(Cl)c3)=NO2)c(OC)cc1Cl. The second-order valence-corrected chi connectivity index (χ2v) is 6.86. The largest absolute Gasteiger partial charge is 0.495 e. The molecule has 1 amide bonds. The molecule has 0 aliphatic carbocycles. The van der Waals surface area contributed by atoms with E-state index in [2.05, 4.69) is 10.5 Å². The number of benzene rings is 2. The smallest absolute Gasteiger partial charge is 0.268 e. The second-order valence-electron chi connectivity index (χ2n) is 5.64. The molecule has 1 unspecified atom stereocenters. The average Bonchev–Trinajstić information content (AvgIpc) is 3.15. The van der Waals surface area contributed by atoms with Gasteiger partial charge >= 0.3 is 0 Å². The molecule has 0 aromatic heterocycles. The van der Waals surface area contributed by atoms with Gasteiger partial charge in [0.15, 0.2) is 0 Å². The molecule has 1 N–H and O–H groups in total. The van der Waals surface area contributed by atoms with E-state index in [0.29, 0.717) is 38.0 Å². The first kappa shape index (κ1) is 19.6. The van der Waals surface area contributed by atoms with Crippen LogP contribution in [0.25, 0.3) is 0 Å². The van der Waals surface area contributed by atoms with Crippen molar-refractivity contribution in [1.82, 2.24) is 0 Å². The standard InChI is InChI=1S/C18H15Cl3N2O4/c1-25-15-8-14(16(26-2)6-12(15)21)22-18(24)17-7-13(23-27-17)9-3-4-10(19)11(20)5-9/h3-6,8,17H,7H2,1-2H3,(H,22,24). The van der Waals surface area contributed by atoms with Gasteiger partial charge in [0.05, 0.1) is 40.7 Å². The van der Waals surface area contributed by atoms with Gasteiger partial charge in [-0.2, -0.15) is 0 Å². The number of anilines is 1. The molecule has 1 heterocycles. The quantitative estimate of drug-likeness (QED) is 0.741. The van der Waals surface area contributed by atoms with Crippen molar-refractivity contribution in [3.05, 3.63) is 51.0 Å². The van der Waals surface area contributed by atoms with Crippen LogP contribution in [0.3, 0.4) is 0 Å². The number of halogens is 3. The van der Waals surface area contributed by atoms with Crippen molar-refractivity contribution in [3.8, 4) is 11.5 Å². The Balaban J connectivity index is 1.72. The van der Waals surface area contributed by atoms with Crippen molar-refractivity contribution in [2.75, 3.05) is 19.5 Å². The van der Waals surface area contributed by atoms with Gasteiger partial charge in [0.25, 0.3) is 5.91 Å². The molecule has 142 valence electrons. The summed E-state index contributed by atoms with van der Waals surface area (Å²) in [6, 6.07) is 8.25. The van der Waals surface area contributed by atoms with Gasteiger partial charge in [0, 0.05) is 24.1 Å². The van der Waals surface area contributed by atoms with Crippen LogP contribution in [-0.4, -0.2) is 31.9 Å². The van der Waals surface area contributed by atoms with Crippen LogP contribution >= 0.6 is 34.8 Å². The Kier molecular flexibility index (Phi) is 5.99. The maximum atomic E-state index is 12.6. The summed E-state index contributed by atoms with van der Waals surface area (Å²) in [5.41, 5.74) is 1.76. The number of ether oxygens (including phenoxy) is 2. The topological polar surface area (TPSA) is 69.2 Å². The molecule has 6 nitrogen and oxygen atoms in total. The predicted molar refractivity (Wildman–Crippen MR) is 106 cm³/mol. The van der Waals surface area contributed by atoms with E-state index in [1.54, 1.807) is 30.3 Å². The third-order valence-corrected chi connectivity index (χ3v) is 4.98. The number of amides is 1. The second kappa shape index (κ2) is 8.25. The first-order valence-corrected chi connectivity index (χ1v) is 8.96. The Labute approximate surface area is 170 Å². The van der Waals surface area contributed by atoms with Crippen LogP contribution in [0.15, 0.2) is 35.5 Å². The van der Waals surface area contributed by atoms with Crippen LogP contribution in [0.4, 0.5) is 5.69 Å². The summed E-state index contributed by atoms with van der Waals surface area (Å²) in [5, 5.41) is 7.96. The highest BCUT2D eigenvalue weighted by Crippen LogP contribution is 2.36. The van der Waals surface area contributed by atoms with E-state index in [1.165, 1.54) is 14.2 Å². The van der Waals surface area contributed by atoms with Gasteiger partial charge in [-0.1, -0.05) is 46.0 Å². The highest BCUT2D eigenvalue weighted by molar-refractivity contribution is 6.42. The first-order valence-electron chi connectivity index (χ1n) is 7.83. The summed E-state index contributed by atoms with van der Waals surface area (Å²) in [6.07, 6.45) is -0.502. The van der Waals surface area contributed by atoms with Gasteiger partial charge in [0.1, 0.15) is 11.5 Å². The molecule has 1 aliphatic rings. The minimum Gasteiger partial charge on any atom is -0.495 e. The Hall–Kier alpha value is -2.15. The van der Waals surface area contributed by atoms with Gasteiger partial charge in [-0.15, -0.1) is 0 Å². The monoisotopic (exact) mass is 428 g/mol. The fourth-order valence-corrected chi connectivity index (χ4v) is 3.06. The number of nitrogens with one attached hydrogen (secondary N) is 1. The third-order valence-electron chi connectivity index (χ3n) is 3.95. The Morgan fingerprint density at radius 3 is 2.48 bits per heavy atom. The normalized spacial score (nSPS) is 15.7. The number of nitrogens with zero attached hydrogens (tertiary/aromatic N) is 1. The molecule has 2 aromatic carbocycles. The Bertz CT molecular complexity index is 918. The van der Waals surface area contributed by atoms with E-state index < -0.39 is 6.10 Å². The molecule has 27 heavy (non-hydrogen) atoms. The Morgan fingerprint density at radius 1 is 1.07 bits per heavy atom. The average molecular weight is 430 g/mol. The van der Waals surface area contributed by atoms with Crippen LogP contribution in [0, 0.1) is 0 Å². The van der Waals surface area contributed by atoms with E-state index in [-0.39, 0.29) is 12.3 Å². The van der Waals surface area contributed by atoms with Crippen LogP contribution in [0.2, 0.25) is 15.1 Å². The molecule has 0 radical (unpaired) electrons. The summed E-state index contributed by atoms with van der Waals surface area (Å²) in [4.78, 5) is 17.9. The number of carbonyl (C=O) groups excluding carboxylic acids is 1. The van der Waals surface area contributed by atoms with Crippen molar-refractivity contribution in [3.63, 3.8) is 0 Å². The van der Waals surface area contributed by atoms with Crippen molar-refractivity contribution in [2.45, 2.75) is 12.5 Å². The van der Waals surface area contributed by atoms with Gasteiger partial charge < -0.3 is 19.6 Å². The highest BCUT2D eigenvalue weighted by atomic mass is 35.5. The predicted octanol–water partition coefficient (Wildman–Crippen LogP) is 4.80. The molecule has 1 aliphatic heterocycles. The van der Waals surface area contributed by atoms with Crippen LogP contribution in [0.5, 0.6) is 11.5 Å². The van der Waals surface area contributed by atoms with E-state index in [4.69, 9.17) is 49.1 Å². The van der Waals surface area contributed by atoms with E-state index in [9.17, 15) is 4.79 Å². The van der Waals surface area contributed by atoms with E-state index in [1.807, 2.05) is 0 Å². The van der Waals surface area contributed by atoms with Crippen LogP contribution in [0.1, 0.15) is 12.0 Å². The lowest BCUT2D eigenvalue weighted by Crippen LogP contribution is -2.28. The van der Waals surface area contributed by atoms with E-state index in [0.717, 1.165) is 5.56 Å². The minimum atomic E-state index is -0.791. The molecule has 0 fully saturated rings. The molecule has 2 aromatic rings. The fourth-order valence-electron chi connectivity index (χ4n) is 2.54. The zero-order valence-electron chi connectivity index (χ0n) is 14.4. The van der Waals surface area contributed by atoms with Crippen molar-refractivity contribution in [1.29, 1.82) is 0 Å². The van der Waals surface area contributed by atoms with Gasteiger partial charge in [0.2, 0.25) is 6.10 Å². The lowest BCUT2D eigenvalue weighted by molar-refractivity contribution is -0.125. The minimum absolute atomic E-state index is 0.289. The van der Waals surface area contributed by atoms with Gasteiger partial charge in [-0.25, -0.2) is 0 Å². The van der Waals surface area contributed by atoms with Gasteiger partial charge in [-0.3, -0.25) is 4.79 Å². The molecule has 0 saturated carbocycles. The van der Waals surface area contributed by atoms with Crippen molar-refractivity contribution >= 4 is 52.1 Å². The maximum absolute atomic E-state index is 12.6. The molecule has 9 heteroatoms. The molecular weight excluding hydrogens is 415 g/mol. The number of rotatable bonds is 5. The highest BCUT2D eigenvalue weighted by Gasteiger charge is 2.30. The summed E-state index contributed by atoms with van der Waals surface area (Å²) in [5.74, 6) is 0.433. The van der Waals surface area contributed by atoms with Crippen LogP contribution in [-0.2, 0) is 9.63 Å². The zero-order chi connectivity index (χ0) is 19.6. The number of hydrogen-bond donors (Lipinski definition) is 1. The van der Waals surface area contributed by atoms with Crippen LogP contribution < -0.4 is 14.8 Å². The number of oxime groups is 1. The van der Waals surface area contributed by atoms with Crippen molar-refractivity contribution < 1.29 is 19.1 Å². The first-order chi connectivity index (χ1) is 12.9. The summed E-state index contributed by atoms with van der Waals surface area (Å²) < 4.78 is 10.4.